The molecule has 32 heavy (non-hydrogen) atoms. The van der Waals surface area contributed by atoms with Crippen LogP contribution in [0.15, 0.2) is 66.7 Å². The van der Waals surface area contributed by atoms with Gasteiger partial charge in [0.2, 0.25) is 5.91 Å². The zero-order valence-corrected chi connectivity index (χ0v) is 18.6. The smallest absolute Gasteiger partial charge is 0.268 e. The Morgan fingerprint density at radius 1 is 1.12 bits per heavy atom. The number of carbonyl (C=O) groups is 2. The molecular weight excluding hydrogens is 428 g/mol. The van der Waals surface area contributed by atoms with Crippen molar-refractivity contribution in [2.24, 2.45) is 0 Å². The Kier molecular flexibility index (Phi) is 6.32. The number of rotatable bonds is 6. The van der Waals surface area contributed by atoms with Crippen LogP contribution >= 0.6 is 11.6 Å². The third kappa shape index (κ3) is 4.70. The van der Waals surface area contributed by atoms with Crippen molar-refractivity contribution >= 4 is 34.8 Å². The minimum Gasteiger partial charge on any atom is -0.497 e. The van der Waals surface area contributed by atoms with Crippen LogP contribution in [-0.2, 0) is 22.6 Å². The van der Waals surface area contributed by atoms with Crippen molar-refractivity contribution < 1.29 is 19.1 Å². The Labute approximate surface area is 191 Å². The number of hydrogen-bond donors (Lipinski definition) is 1. The first-order valence-corrected chi connectivity index (χ1v) is 10.6. The minimum absolute atomic E-state index is 0.163. The molecule has 3 aromatic rings. The molecule has 0 spiro atoms. The van der Waals surface area contributed by atoms with Crippen LogP contribution in [0.4, 0.5) is 11.4 Å². The molecule has 0 saturated carbocycles. The van der Waals surface area contributed by atoms with Gasteiger partial charge in [0.1, 0.15) is 11.5 Å². The summed E-state index contributed by atoms with van der Waals surface area (Å²) in [7, 11) is 1.60. The topological polar surface area (TPSA) is 67.9 Å². The fourth-order valence-corrected chi connectivity index (χ4v) is 3.77. The molecular formula is C25H23ClN2O4. The normalized spacial score (nSPS) is 15.0. The van der Waals surface area contributed by atoms with Gasteiger partial charge in [0.25, 0.3) is 5.91 Å². The first kappa shape index (κ1) is 21.7. The predicted octanol–water partition coefficient (Wildman–Crippen LogP) is 4.84. The Hall–Kier alpha value is -3.51. The number of amides is 2. The summed E-state index contributed by atoms with van der Waals surface area (Å²) < 4.78 is 10.9. The van der Waals surface area contributed by atoms with E-state index in [0.29, 0.717) is 28.7 Å². The van der Waals surface area contributed by atoms with Gasteiger partial charge < -0.3 is 19.7 Å². The first-order valence-electron chi connectivity index (χ1n) is 10.2. The van der Waals surface area contributed by atoms with E-state index in [1.54, 1.807) is 43.2 Å². The largest absolute Gasteiger partial charge is 0.497 e. The molecule has 0 saturated heterocycles. The van der Waals surface area contributed by atoms with Crippen LogP contribution in [0.2, 0.25) is 5.02 Å². The summed E-state index contributed by atoms with van der Waals surface area (Å²) in [5.41, 5.74) is 2.87. The first-order chi connectivity index (χ1) is 15.4. The lowest BCUT2D eigenvalue weighted by Gasteiger charge is -2.33. The molecule has 1 aliphatic heterocycles. The number of anilines is 2. The second-order valence-electron chi connectivity index (χ2n) is 7.53. The number of ether oxygens (including phenoxy) is 2. The van der Waals surface area contributed by atoms with Gasteiger partial charge in [-0.1, -0.05) is 41.9 Å². The molecule has 2 amide bonds. The van der Waals surface area contributed by atoms with Gasteiger partial charge >= 0.3 is 0 Å². The second kappa shape index (κ2) is 9.32. The number of benzene rings is 3. The van der Waals surface area contributed by atoms with Gasteiger partial charge in [-0.05, 0) is 54.4 Å². The van der Waals surface area contributed by atoms with Crippen LogP contribution < -0.4 is 19.7 Å². The Bertz CT molecular complexity index is 1150. The molecule has 1 unspecified atom stereocenters. The summed E-state index contributed by atoms with van der Waals surface area (Å²) in [6, 6.07) is 20.0. The molecule has 1 aliphatic rings. The van der Waals surface area contributed by atoms with Gasteiger partial charge in [0.05, 0.1) is 25.8 Å². The van der Waals surface area contributed by atoms with Gasteiger partial charge in [-0.25, -0.2) is 0 Å². The molecule has 1 N–H and O–H groups in total. The molecule has 0 fully saturated rings. The van der Waals surface area contributed by atoms with Crippen LogP contribution in [0.3, 0.4) is 0 Å². The van der Waals surface area contributed by atoms with Gasteiger partial charge in [-0.3, -0.25) is 9.59 Å². The summed E-state index contributed by atoms with van der Waals surface area (Å²) in [5, 5.41) is 3.49. The number of halogens is 1. The number of nitrogens with zero attached hydrogens (tertiary/aromatic N) is 1. The molecule has 6 nitrogen and oxygen atoms in total. The molecule has 0 aromatic heterocycles. The number of fused-ring (bicyclic) bond motifs is 1. The standard InChI is InChI=1S/C25H23ClN2O4/c1-16-25(30)28(15-18-5-3-4-6-21(18)26)22-14-19(9-12-23(22)32-16)27-24(29)13-17-7-10-20(31-2)11-8-17/h3-12,14,16H,13,15H2,1-2H3,(H,27,29). The Morgan fingerprint density at radius 3 is 2.59 bits per heavy atom. The minimum atomic E-state index is -0.611. The van der Waals surface area contributed by atoms with Crippen LogP contribution in [0.5, 0.6) is 11.5 Å². The molecule has 7 heteroatoms. The lowest BCUT2D eigenvalue weighted by atomic mass is 10.1. The van der Waals surface area contributed by atoms with E-state index in [-0.39, 0.29) is 18.2 Å². The van der Waals surface area contributed by atoms with E-state index in [1.165, 1.54) is 0 Å². The highest BCUT2D eigenvalue weighted by molar-refractivity contribution is 6.31. The molecule has 3 aromatic carbocycles. The van der Waals surface area contributed by atoms with Gasteiger partial charge in [-0.15, -0.1) is 0 Å². The van der Waals surface area contributed by atoms with Crippen molar-refractivity contribution in [1.82, 2.24) is 0 Å². The number of nitrogens with one attached hydrogen (secondary N) is 1. The van der Waals surface area contributed by atoms with E-state index in [1.807, 2.05) is 42.5 Å². The zero-order valence-electron chi connectivity index (χ0n) is 17.8. The third-order valence-electron chi connectivity index (χ3n) is 5.26. The van der Waals surface area contributed by atoms with Crippen molar-refractivity contribution in [2.75, 3.05) is 17.3 Å². The van der Waals surface area contributed by atoms with Gasteiger partial charge in [-0.2, -0.15) is 0 Å². The third-order valence-corrected chi connectivity index (χ3v) is 5.63. The summed E-state index contributed by atoms with van der Waals surface area (Å²) in [6.07, 6.45) is -0.392. The van der Waals surface area contributed by atoms with Crippen molar-refractivity contribution in [3.8, 4) is 11.5 Å². The average Bonchev–Trinajstić information content (AvgIpc) is 2.79. The highest BCUT2D eigenvalue weighted by Crippen LogP contribution is 2.37. The molecule has 164 valence electrons. The molecule has 4 rings (SSSR count). The lowest BCUT2D eigenvalue weighted by molar-refractivity contribution is -0.125. The van der Waals surface area contributed by atoms with Crippen LogP contribution in [0, 0.1) is 0 Å². The average molecular weight is 451 g/mol. The summed E-state index contributed by atoms with van der Waals surface area (Å²) in [5.74, 6) is 0.988. The highest BCUT2D eigenvalue weighted by atomic mass is 35.5. The number of methoxy groups -OCH3 is 1. The maximum absolute atomic E-state index is 12.9. The van der Waals surface area contributed by atoms with E-state index in [4.69, 9.17) is 21.1 Å². The Balaban J connectivity index is 1.54. The molecule has 0 radical (unpaired) electrons. The monoisotopic (exact) mass is 450 g/mol. The van der Waals surface area contributed by atoms with E-state index in [9.17, 15) is 9.59 Å². The molecule has 1 atom stereocenters. The second-order valence-corrected chi connectivity index (χ2v) is 7.94. The number of carbonyl (C=O) groups excluding carboxylic acids is 2. The highest BCUT2D eigenvalue weighted by Gasteiger charge is 2.32. The quantitative estimate of drug-likeness (QED) is 0.583. The van der Waals surface area contributed by atoms with Crippen molar-refractivity contribution in [3.05, 3.63) is 82.9 Å². The summed E-state index contributed by atoms with van der Waals surface area (Å²) >= 11 is 6.32. The van der Waals surface area contributed by atoms with Crippen LogP contribution in [0.25, 0.3) is 0 Å². The van der Waals surface area contributed by atoms with E-state index >= 15 is 0 Å². The van der Waals surface area contributed by atoms with Crippen molar-refractivity contribution in [3.63, 3.8) is 0 Å². The van der Waals surface area contributed by atoms with Crippen molar-refractivity contribution in [1.29, 1.82) is 0 Å². The fraction of sp³-hybridized carbons (Fsp3) is 0.200. The SMILES string of the molecule is COc1ccc(CC(=O)Nc2ccc3c(c2)N(Cc2ccccc2Cl)C(=O)C(C)O3)cc1. The van der Waals surface area contributed by atoms with Crippen LogP contribution in [0.1, 0.15) is 18.1 Å². The van der Waals surface area contributed by atoms with Gasteiger partial charge in [0, 0.05) is 10.7 Å². The summed E-state index contributed by atoms with van der Waals surface area (Å²) in [6.45, 7) is 2.03. The van der Waals surface area contributed by atoms with Crippen molar-refractivity contribution in [2.45, 2.75) is 26.0 Å². The van der Waals surface area contributed by atoms with Gasteiger partial charge in [0.15, 0.2) is 6.10 Å². The molecule has 1 heterocycles. The zero-order chi connectivity index (χ0) is 22.7. The van der Waals surface area contributed by atoms with Crippen LogP contribution in [-0.4, -0.2) is 25.0 Å². The predicted molar refractivity (Wildman–Crippen MR) is 125 cm³/mol. The van der Waals surface area contributed by atoms with E-state index in [0.717, 1.165) is 16.9 Å². The van der Waals surface area contributed by atoms with E-state index < -0.39 is 6.10 Å². The fourth-order valence-electron chi connectivity index (χ4n) is 3.58. The number of hydrogen-bond acceptors (Lipinski definition) is 4. The molecule has 0 bridgehead atoms. The maximum atomic E-state index is 12.9. The maximum Gasteiger partial charge on any atom is 0.268 e. The molecule has 0 aliphatic carbocycles. The lowest BCUT2D eigenvalue weighted by Crippen LogP contribution is -2.44. The summed E-state index contributed by atoms with van der Waals surface area (Å²) in [4.78, 5) is 27.1. The Morgan fingerprint density at radius 2 is 1.88 bits per heavy atom. The van der Waals surface area contributed by atoms with E-state index in [2.05, 4.69) is 5.32 Å².